The first kappa shape index (κ1) is 18.6. The third kappa shape index (κ3) is 5.68. The smallest absolute Gasteiger partial charge is 0.341 e. The average Bonchev–Trinajstić information content (AvgIpc) is 2.56. The molecule has 0 aliphatic heterocycles. The van der Waals surface area contributed by atoms with Crippen molar-refractivity contribution in [3.05, 3.63) is 58.3 Å². The van der Waals surface area contributed by atoms with E-state index < -0.39 is 24.3 Å². The van der Waals surface area contributed by atoms with Crippen LogP contribution in [-0.2, 0) is 14.3 Å². The van der Waals surface area contributed by atoms with Crippen LogP contribution in [0.15, 0.2) is 46.9 Å². The molecule has 0 unspecified atom stereocenters. The summed E-state index contributed by atoms with van der Waals surface area (Å²) >= 11 is 3.13. The van der Waals surface area contributed by atoms with Gasteiger partial charge in [0.2, 0.25) is 5.91 Å². The molecule has 2 N–H and O–H groups in total. The number of carbonyl (C=O) groups excluding carboxylic acids is 3. The Morgan fingerprint density at radius 2 is 1.64 bits per heavy atom. The van der Waals surface area contributed by atoms with Crippen molar-refractivity contribution in [3.63, 3.8) is 0 Å². The van der Waals surface area contributed by atoms with E-state index in [1.54, 1.807) is 24.3 Å². The highest BCUT2D eigenvalue weighted by Gasteiger charge is 2.15. The molecule has 6 nitrogen and oxygen atoms in total. The van der Waals surface area contributed by atoms with Gasteiger partial charge in [-0.15, -0.1) is 0 Å². The zero-order chi connectivity index (χ0) is 18.4. The van der Waals surface area contributed by atoms with E-state index in [9.17, 15) is 18.8 Å². The summed E-state index contributed by atoms with van der Waals surface area (Å²) in [6, 6.07) is 10.2. The Hall–Kier alpha value is -2.74. The number of ether oxygens (including phenoxy) is 1. The molecule has 0 aliphatic carbocycles. The molecular weight excluding hydrogens is 395 g/mol. The van der Waals surface area contributed by atoms with Gasteiger partial charge >= 0.3 is 5.97 Å². The number of benzene rings is 2. The molecule has 0 saturated heterocycles. The molecule has 0 fully saturated rings. The third-order valence-electron chi connectivity index (χ3n) is 2.97. The summed E-state index contributed by atoms with van der Waals surface area (Å²) in [5.41, 5.74) is 0.785. The van der Waals surface area contributed by atoms with Gasteiger partial charge in [-0.1, -0.05) is 15.9 Å². The second-order valence-electron chi connectivity index (χ2n) is 5.01. The molecule has 130 valence electrons. The molecule has 2 aromatic rings. The lowest BCUT2D eigenvalue weighted by molar-refractivity contribution is -0.119. The number of hydrogen-bond donors (Lipinski definition) is 2. The van der Waals surface area contributed by atoms with Crippen molar-refractivity contribution in [2.24, 2.45) is 0 Å². The van der Waals surface area contributed by atoms with Gasteiger partial charge in [-0.3, -0.25) is 9.59 Å². The maximum atomic E-state index is 13.6. The van der Waals surface area contributed by atoms with Crippen LogP contribution in [0.25, 0.3) is 0 Å². The van der Waals surface area contributed by atoms with Gasteiger partial charge in [0.1, 0.15) is 5.82 Å². The monoisotopic (exact) mass is 408 g/mol. The van der Waals surface area contributed by atoms with Crippen molar-refractivity contribution in [3.8, 4) is 0 Å². The number of esters is 1. The fourth-order valence-electron chi connectivity index (χ4n) is 1.90. The van der Waals surface area contributed by atoms with Crippen molar-refractivity contribution in [2.45, 2.75) is 6.92 Å². The van der Waals surface area contributed by atoms with Gasteiger partial charge in [-0.25, -0.2) is 9.18 Å². The molecule has 0 radical (unpaired) electrons. The first-order valence-corrected chi connectivity index (χ1v) is 7.94. The second kappa shape index (κ2) is 8.39. The third-order valence-corrected chi connectivity index (χ3v) is 3.46. The Balaban J connectivity index is 1.89. The fraction of sp³-hybridized carbons (Fsp3) is 0.118. The number of anilines is 2. The Labute approximate surface area is 151 Å². The number of rotatable bonds is 5. The van der Waals surface area contributed by atoms with E-state index in [2.05, 4.69) is 26.6 Å². The van der Waals surface area contributed by atoms with Crippen molar-refractivity contribution in [1.82, 2.24) is 0 Å². The number of nitrogens with one attached hydrogen (secondary N) is 2. The highest BCUT2D eigenvalue weighted by molar-refractivity contribution is 9.10. The van der Waals surface area contributed by atoms with Crippen molar-refractivity contribution < 1.29 is 23.5 Å². The van der Waals surface area contributed by atoms with Crippen LogP contribution in [0.2, 0.25) is 0 Å². The zero-order valence-electron chi connectivity index (χ0n) is 13.1. The average molecular weight is 409 g/mol. The summed E-state index contributed by atoms with van der Waals surface area (Å²) < 4.78 is 18.9. The zero-order valence-corrected chi connectivity index (χ0v) is 14.7. The molecule has 2 amide bonds. The van der Waals surface area contributed by atoms with E-state index in [1.165, 1.54) is 19.1 Å². The van der Waals surface area contributed by atoms with Crippen molar-refractivity contribution in [2.75, 3.05) is 17.2 Å². The standard InChI is InChI=1S/C17H14BrFN2O4/c1-10(22)20-12-3-5-13(6-4-12)21-16(23)9-25-17(24)14-8-11(18)2-7-15(14)19/h2-8H,9H2,1H3,(H,20,22)(H,21,23). The molecule has 0 saturated carbocycles. The minimum Gasteiger partial charge on any atom is -0.452 e. The van der Waals surface area contributed by atoms with Crippen molar-refractivity contribution >= 4 is 45.1 Å². The summed E-state index contributed by atoms with van der Waals surface area (Å²) in [4.78, 5) is 34.5. The summed E-state index contributed by atoms with van der Waals surface area (Å²) in [5.74, 6) is -2.45. The van der Waals surface area contributed by atoms with Crippen LogP contribution < -0.4 is 10.6 Å². The SMILES string of the molecule is CC(=O)Nc1ccc(NC(=O)COC(=O)c2cc(Br)ccc2F)cc1. The van der Waals surface area contributed by atoms with Crippen LogP contribution >= 0.6 is 15.9 Å². The van der Waals surface area contributed by atoms with Crippen LogP contribution in [0.4, 0.5) is 15.8 Å². The lowest BCUT2D eigenvalue weighted by atomic mass is 10.2. The lowest BCUT2D eigenvalue weighted by Gasteiger charge is -2.08. The first-order chi connectivity index (χ1) is 11.8. The van der Waals surface area contributed by atoms with Crippen LogP contribution in [-0.4, -0.2) is 24.4 Å². The van der Waals surface area contributed by atoms with Crippen LogP contribution in [0.1, 0.15) is 17.3 Å². The molecule has 2 aromatic carbocycles. The van der Waals surface area contributed by atoms with E-state index >= 15 is 0 Å². The van der Waals surface area contributed by atoms with Gasteiger partial charge in [-0.2, -0.15) is 0 Å². The molecule has 0 spiro atoms. The maximum Gasteiger partial charge on any atom is 0.341 e. The second-order valence-corrected chi connectivity index (χ2v) is 5.92. The Bertz CT molecular complexity index is 809. The molecule has 0 atom stereocenters. The first-order valence-electron chi connectivity index (χ1n) is 7.15. The number of amides is 2. The predicted octanol–water partition coefficient (Wildman–Crippen LogP) is 3.34. The minimum absolute atomic E-state index is 0.205. The van der Waals surface area contributed by atoms with Gasteiger partial charge < -0.3 is 15.4 Å². The predicted molar refractivity (Wildman–Crippen MR) is 93.8 cm³/mol. The largest absolute Gasteiger partial charge is 0.452 e. The Morgan fingerprint density at radius 3 is 2.24 bits per heavy atom. The number of hydrogen-bond acceptors (Lipinski definition) is 4. The Morgan fingerprint density at radius 1 is 1.04 bits per heavy atom. The molecule has 0 heterocycles. The molecule has 2 rings (SSSR count). The van der Waals surface area contributed by atoms with E-state index in [1.807, 2.05) is 0 Å². The highest BCUT2D eigenvalue weighted by Crippen LogP contribution is 2.17. The van der Waals surface area contributed by atoms with E-state index in [4.69, 9.17) is 4.74 Å². The topological polar surface area (TPSA) is 84.5 Å². The quantitative estimate of drug-likeness (QED) is 0.742. The van der Waals surface area contributed by atoms with Gasteiger partial charge in [0, 0.05) is 22.8 Å². The molecule has 8 heteroatoms. The van der Waals surface area contributed by atoms with Crippen LogP contribution in [0.3, 0.4) is 0 Å². The number of carbonyl (C=O) groups is 3. The van der Waals surface area contributed by atoms with Crippen LogP contribution in [0, 0.1) is 5.82 Å². The molecule has 25 heavy (non-hydrogen) atoms. The summed E-state index contributed by atoms with van der Waals surface area (Å²) in [6.45, 7) is 0.830. The lowest BCUT2D eigenvalue weighted by Crippen LogP contribution is -2.21. The summed E-state index contributed by atoms with van der Waals surface area (Å²) in [5, 5.41) is 5.12. The normalized spacial score (nSPS) is 10.0. The van der Waals surface area contributed by atoms with E-state index in [0.29, 0.717) is 15.8 Å². The van der Waals surface area contributed by atoms with Crippen LogP contribution in [0.5, 0.6) is 0 Å². The minimum atomic E-state index is -0.935. The van der Waals surface area contributed by atoms with E-state index in [-0.39, 0.29) is 11.5 Å². The highest BCUT2D eigenvalue weighted by atomic mass is 79.9. The van der Waals surface area contributed by atoms with Gasteiger partial charge in [0.05, 0.1) is 5.56 Å². The van der Waals surface area contributed by atoms with Gasteiger partial charge in [0.15, 0.2) is 6.61 Å². The molecule has 0 aliphatic rings. The fourth-order valence-corrected chi connectivity index (χ4v) is 2.26. The van der Waals surface area contributed by atoms with E-state index in [0.717, 1.165) is 6.07 Å². The molecular formula is C17H14BrFN2O4. The summed E-state index contributed by atoms with van der Waals surface area (Å²) in [6.07, 6.45) is 0. The number of halogens is 2. The Kier molecular flexibility index (Phi) is 6.24. The molecule has 0 bridgehead atoms. The van der Waals surface area contributed by atoms with Crippen molar-refractivity contribution in [1.29, 1.82) is 0 Å². The maximum absolute atomic E-state index is 13.6. The van der Waals surface area contributed by atoms with Gasteiger partial charge in [0.25, 0.3) is 5.91 Å². The van der Waals surface area contributed by atoms with Gasteiger partial charge in [-0.05, 0) is 42.5 Å². The summed E-state index contributed by atoms with van der Waals surface area (Å²) in [7, 11) is 0. The molecule has 0 aromatic heterocycles.